The summed E-state index contributed by atoms with van der Waals surface area (Å²) >= 11 is 0. The molecular formula is C19H21N5O. The van der Waals surface area contributed by atoms with E-state index in [2.05, 4.69) is 44.9 Å². The van der Waals surface area contributed by atoms with Crippen molar-refractivity contribution in [1.82, 2.24) is 15.2 Å². The quantitative estimate of drug-likeness (QED) is 0.686. The highest BCUT2D eigenvalue weighted by atomic mass is 16.5. The molecule has 1 unspecified atom stereocenters. The molecule has 0 aliphatic carbocycles. The van der Waals surface area contributed by atoms with Crippen molar-refractivity contribution in [2.24, 2.45) is 0 Å². The van der Waals surface area contributed by atoms with Crippen LogP contribution in [0.1, 0.15) is 24.1 Å². The zero-order valence-corrected chi connectivity index (χ0v) is 14.3. The van der Waals surface area contributed by atoms with Gasteiger partial charge in [-0.3, -0.25) is 0 Å². The van der Waals surface area contributed by atoms with Crippen LogP contribution in [0.25, 0.3) is 0 Å². The summed E-state index contributed by atoms with van der Waals surface area (Å²) in [4.78, 5) is 4.47. The van der Waals surface area contributed by atoms with Crippen LogP contribution in [0.3, 0.4) is 0 Å². The number of aromatic nitrogens is 3. The van der Waals surface area contributed by atoms with E-state index in [-0.39, 0.29) is 6.04 Å². The highest BCUT2D eigenvalue weighted by Gasteiger charge is 2.08. The van der Waals surface area contributed by atoms with Crippen molar-refractivity contribution in [2.75, 3.05) is 17.7 Å². The topological polar surface area (TPSA) is 72.0 Å². The van der Waals surface area contributed by atoms with Gasteiger partial charge in [0.25, 0.3) is 0 Å². The third-order valence-corrected chi connectivity index (χ3v) is 3.85. The molecule has 0 saturated carbocycles. The van der Waals surface area contributed by atoms with Gasteiger partial charge in [-0.25, -0.2) is 0 Å². The Labute approximate surface area is 147 Å². The summed E-state index contributed by atoms with van der Waals surface area (Å²) in [5.41, 5.74) is 2.22. The van der Waals surface area contributed by atoms with Gasteiger partial charge in [-0.05, 0) is 18.6 Å². The second kappa shape index (κ2) is 8.10. The molecule has 0 aliphatic heterocycles. The molecule has 2 N–H and O–H groups in total. The second-order valence-corrected chi connectivity index (χ2v) is 5.61. The van der Waals surface area contributed by atoms with Gasteiger partial charge in [0, 0.05) is 18.2 Å². The van der Waals surface area contributed by atoms with Gasteiger partial charge in [-0.15, -0.1) is 5.10 Å². The lowest BCUT2D eigenvalue weighted by Crippen LogP contribution is -2.11. The van der Waals surface area contributed by atoms with E-state index in [4.69, 9.17) is 4.74 Å². The maximum absolute atomic E-state index is 5.35. The van der Waals surface area contributed by atoms with Crippen LogP contribution in [0.5, 0.6) is 5.75 Å². The lowest BCUT2D eigenvalue weighted by atomic mass is 10.1. The van der Waals surface area contributed by atoms with Crippen molar-refractivity contribution in [3.8, 4) is 5.75 Å². The first-order valence-corrected chi connectivity index (χ1v) is 8.13. The van der Waals surface area contributed by atoms with Crippen molar-refractivity contribution in [2.45, 2.75) is 19.5 Å². The molecule has 0 radical (unpaired) electrons. The molecule has 3 aromatic rings. The van der Waals surface area contributed by atoms with Crippen LogP contribution in [-0.2, 0) is 6.54 Å². The van der Waals surface area contributed by atoms with E-state index in [1.807, 2.05) is 42.5 Å². The highest BCUT2D eigenvalue weighted by molar-refractivity contribution is 5.41. The van der Waals surface area contributed by atoms with Crippen molar-refractivity contribution in [3.63, 3.8) is 0 Å². The van der Waals surface area contributed by atoms with Crippen LogP contribution in [-0.4, -0.2) is 22.3 Å². The molecule has 1 heterocycles. The second-order valence-electron chi connectivity index (χ2n) is 5.61. The third kappa shape index (κ3) is 4.44. The lowest BCUT2D eigenvalue weighted by Gasteiger charge is -2.15. The molecule has 0 fully saturated rings. The number of benzene rings is 2. The zero-order chi connectivity index (χ0) is 17.5. The van der Waals surface area contributed by atoms with E-state index in [1.54, 1.807) is 13.3 Å². The largest absolute Gasteiger partial charge is 0.496 e. The van der Waals surface area contributed by atoms with Crippen LogP contribution in [0.4, 0.5) is 11.8 Å². The number of hydrogen-bond acceptors (Lipinski definition) is 6. The van der Waals surface area contributed by atoms with Crippen LogP contribution < -0.4 is 15.4 Å². The molecule has 6 heteroatoms. The summed E-state index contributed by atoms with van der Waals surface area (Å²) < 4.78 is 5.35. The predicted molar refractivity (Wildman–Crippen MR) is 98.6 cm³/mol. The first-order valence-electron chi connectivity index (χ1n) is 8.13. The maximum atomic E-state index is 5.35. The summed E-state index contributed by atoms with van der Waals surface area (Å²) in [6.45, 7) is 2.64. The van der Waals surface area contributed by atoms with Gasteiger partial charge < -0.3 is 15.4 Å². The summed E-state index contributed by atoms with van der Waals surface area (Å²) in [5, 5.41) is 14.6. The molecule has 0 amide bonds. The third-order valence-electron chi connectivity index (χ3n) is 3.85. The minimum Gasteiger partial charge on any atom is -0.496 e. The van der Waals surface area contributed by atoms with E-state index < -0.39 is 0 Å². The molecule has 0 aliphatic rings. The van der Waals surface area contributed by atoms with Gasteiger partial charge in [0.1, 0.15) is 5.75 Å². The van der Waals surface area contributed by atoms with Crippen molar-refractivity contribution < 1.29 is 4.74 Å². The standard InChI is InChI=1S/C19H21N5O/c1-14(15-8-4-3-5-9-15)22-18-13-21-24-19(23-18)20-12-16-10-6-7-11-17(16)25-2/h3-11,13-14H,12H2,1-2H3,(H2,20,22,23,24). The molecule has 0 bridgehead atoms. The number of methoxy groups -OCH3 is 1. The number of ether oxygens (including phenoxy) is 1. The molecule has 128 valence electrons. The maximum Gasteiger partial charge on any atom is 0.244 e. The summed E-state index contributed by atoms with van der Waals surface area (Å²) in [6.07, 6.45) is 1.62. The average molecular weight is 335 g/mol. The van der Waals surface area contributed by atoms with Crippen LogP contribution >= 0.6 is 0 Å². The lowest BCUT2D eigenvalue weighted by molar-refractivity contribution is 0.410. The number of rotatable bonds is 7. The van der Waals surface area contributed by atoms with E-state index >= 15 is 0 Å². The minimum absolute atomic E-state index is 0.125. The molecule has 0 spiro atoms. The van der Waals surface area contributed by atoms with Gasteiger partial charge in [-0.2, -0.15) is 10.1 Å². The van der Waals surface area contributed by atoms with Gasteiger partial charge in [-0.1, -0.05) is 48.5 Å². The molecule has 1 aromatic heterocycles. The van der Waals surface area contributed by atoms with Gasteiger partial charge >= 0.3 is 0 Å². The van der Waals surface area contributed by atoms with E-state index in [1.165, 1.54) is 5.56 Å². The summed E-state index contributed by atoms with van der Waals surface area (Å²) in [7, 11) is 1.66. The molecule has 6 nitrogen and oxygen atoms in total. The fourth-order valence-electron chi connectivity index (χ4n) is 2.52. The van der Waals surface area contributed by atoms with Gasteiger partial charge in [0.2, 0.25) is 5.95 Å². The first kappa shape index (κ1) is 16.7. The Morgan fingerprint density at radius 2 is 1.80 bits per heavy atom. The SMILES string of the molecule is COc1ccccc1CNc1nncc(NC(C)c2ccccc2)n1. The van der Waals surface area contributed by atoms with Crippen molar-refractivity contribution in [3.05, 3.63) is 71.9 Å². The number of anilines is 2. The first-order chi connectivity index (χ1) is 12.3. The predicted octanol–water partition coefficient (Wildman–Crippen LogP) is 3.67. The number of para-hydroxylation sites is 1. The minimum atomic E-state index is 0.125. The van der Waals surface area contributed by atoms with Crippen molar-refractivity contribution >= 4 is 11.8 Å². The zero-order valence-electron chi connectivity index (χ0n) is 14.3. The molecule has 2 aromatic carbocycles. The molecule has 3 rings (SSSR count). The smallest absolute Gasteiger partial charge is 0.244 e. The monoisotopic (exact) mass is 335 g/mol. The number of nitrogens with one attached hydrogen (secondary N) is 2. The fraction of sp³-hybridized carbons (Fsp3) is 0.211. The number of nitrogens with zero attached hydrogens (tertiary/aromatic N) is 3. The molecule has 0 saturated heterocycles. The summed E-state index contributed by atoms with van der Waals surface area (Å²) in [6, 6.07) is 18.2. The molecule has 25 heavy (non-hydrogen) atoms. The Hall–Kier alpha value is -3.15. The summed E-state index contributed by atoms with van der Waals surface area (Å²) in [5.74, 6) is 1.97. The Morgan fingerprint density at radius 3 is 2.60 bits per heavy atom. The Kier molecular flexibility index (Phi) is 5.41. The molecular weight excluding hydrogens is 314 g/mol. The average Bonchev–Trinajstić information content (AvgIpc) is 2.67. The van der Waals surface area contributed by atoms with Gasteiger partial charge in [0.15, 0.2) is 5.82 Å². The van der Waals surface area contributed by atoms with E-state index in [0.29, 0.717) is 18.3 Å². The molecule has 1 atom stereocenters. The normalized spacial score (nSPS) is 11.6. The Balaban J connectivity index is 1.65. The van der Waals surface area contributed by atoms with Crippen LogP contribution in [0.2, 0.25) is 0 Å². The van der Waals surface area contributed by atoms with Crippen molar-refractivity contribution in [1.29, 1.82) is 0 Å². The van der Waals surface area contributed by atoms with E-state index in [0.717, 1.165) is 11.3 Å². The van der Waals surface area contributed by atoms with Gasteiger partial charge in [0.05, 0.1) is 13.3 Å². The Bertz CT molecular complexity index is 810. The Morgan fingerprint density at radius 1 is 1.04 bits per heavy atom. The van der Waals surface area contributed by atoms with E-state index in [9.17, 15) is 0 Å². The number of hydrogen-bond donors (Lipinski definition) is 2. The van der Waals surface area contributed by atoms with Crippen LogP contribution in [0.15, 0.2) is 60.8 Å². The van der Waals surface area contributed by atoms with Crippen LogP contribution in [0, 0.1) is 0 Å². The fourth-order valence-corrected chi connectivity index (χ4v) is 2.52. The highest BCUT2D eigenvalue weighted by Crippen LogP contribution is 2.19.